The van der Waals surface area contributed by atoms with Crippen LogP contribution in [0.4, 0.5) is 19.0 Å². The van der Waals surface area contributed by atoms with Crippen LogP contribution in [0.3, 0.4) is 0 Å². The lowest BCUT2D eigenvalue weighted by molar-refractivity contribution is -0.137. The highest BCUT2D eigenvalue weighted by molar-refractivity contribution is 5.62. The number of anilines is 1. The van der Waals surface area contributed by atoms with Crippen LogP contribution in [0.15, 0.2) is 55.0 Å². The van der Waals surface area contributed by atoms with E-state index >= 15 is 0 Å². The highest BCUT2D eigenvalue weighted by Gasteiger charge is 2.30. The molecule has 7 heteroatoms. The Morgan fingerprint density at radius 1 is 1.12 bits per heavy atom. The molecule has 0 aliphatic rings. The summed E-state index contributed by atoms with van der Waals surface area (Å²) in [4.78, 5) is 3.93. The van der Waals surface area contributed by atoms with Gasteiger partial charge in [0.15, 0.2) is 0 Å². The molecule has 0 unspecified atom stereocenters. The van der Waals surface area contributed by atoms with Gasteiger partial charge < -0.3 is 5.32 Å². The lowest BCUT2D eigenvalue weighted by Gasteiger charge is -2.10. The second kappa shape index (κ2) is 6.35. The molecule has 2 aromatic heterocycles. The van der Waals surface area contributed by atoms with Gasteiger partial charge in [-0.25, -0.2) is 4.98 Å². The molecule has 0 fully saturated rings. The molecule has 0 amide bonds. The molecule has 0 saturated carbocycles. The van der Waals surface area contributed by atoms with Crippen molar-refractivity contribution in [3.05, 3.63) is 66.1 Å². The van der Waals surface area contributed by atoms with Gasteiger partial charge in [0.2, 0.25) is 0 Å². The van der Waals surface area contributed by atoms with Gasteiger partial charge in [0.05, 0.1) is 11.8 Å². The first kappa shape index (κ1) is 16.0. The molecule has 4 nitrogen and oxygen atoms in total. The number of alkyl halides is 3. The summed E-state index contributed by atoms with van der Waals surface area (Å²) in [5, 5.41) is 7.06. The third-order valence-electron chi connectivity index (χ3n) is 3.53. The third kappa shape index (κ3) is 3.73. The topological polar surface area (TPSA) is 42.7 Å². The van der Waals surface area contributed by atoms with Crippen LogP contribution in [0.1, 0.15) is 11.1 Å². The number of nitrogens with zero attached hydrogens (tertiary/aromatic N) is 3. The molecule has 2 heterocycles. The SMILES string of the molecule is Cn1cc(-c2cccc(CNc3cc(C(F)(F)F)ccn3)c2)cn1. The summed E-state index contributed by atoms with van der Waals surface area (Å²) in [6.45, 7) is 0.377. The van der Waals surface area contributed by atoms with E-state index in [1.54, 1.807) is 10.9 Å². The predicted molar refractivity (Wildman–Crippen MR) is 85.2 cm³/mol. The Hall–Kier alpha value is -2.83. The van der Waals surface area contributed by atoms with Crippen LogP contribution in [0.5, 0.6) is 0 Å². The Morgan fingerprint density at radius 2 is 1.96 bits per heavy atom. The number of hydrogen-bond donors (Lipinski definition) is 1. The maximum absolute atomic E-state index is 12.7. The molecule has 24 heavy (non-hydrogen) atoms. The maximum atomic E-state index is 12.7. The van der Waals surface area contributed by atoms with Crippen LogP contribution in [-0.4, -0.2) is 14.8 Å². The molecule has 3 aromatic rings. The number of hydrogen-bond acceptors (Lipinski definition) is 3. The van der Waals surface area contributed by atoms with E-state index in [4.69, 9.17) is 0 Å². The number of rotatable bonds is 4. The van der Waals surface area contributed by atoms with Gasteiger partial charge in [-0.05, 0) is 29.3 Å². The van der Waals surface area contributed by atoms with Crippen molar-refractivity contribution in [1.29, 1.82) is 0 Å². The summed E-state index contributed by atoms with van der Waals surface area (Å²) in [7, 11) is 1.84. The minimum Gasteiger partial charge on any atom is -0.366 e. The van der Waals surface area contributed by atoms with E-state index in [0.29, 0.717) is 6.54 Å². The number of aromatic nitrogens is 3. The first-order valence-corrected chi connectivity index (χ1v) is 7.27. The summed E-state index contributed by atoms with van der Waals surface area (Å²) in [5.41, 5.74) is 2.20. The molecule has 3 rings (SSSR count). The fraction of sp³-hybridized carbons (Fsp3) is 0.176. The van der Waals surface area contributed by atoms with Crippen molar-refractivity contribution in [2.75, 3.05) is 5.32 Å². The Kier molecular flexibility index (Phi) is 4.24. The zero-order valence-corrected chi connectivity index (χ0v) is 12.9. The van der Waals surface area contributed by atoms with E-state index in [1.807, 2.05) is 37.5 Å². The van der Waals surface area contributed by atoms with Gasteiger partial charge in [-0.2, -0.15) is 18.3 Å². The average molecular weight is 332 g/mol. The van der Waals surface area contributed by atoms with Gasteiger partial charge in [0, 0.05) is 31.5 Å². The smallest absolute Gasteiger partial charge is 0.366 e. The Bertz CT molecular complexity index is 840. The molecular weight excluding hydrogens is 317 g/mol. The lowest BCUT2D eigenvalue weighted by Crippen LogP contribution is -2.07. The molecule has 1 aromatic carbocycles. The number of nitrogens with one attached hydrogen (secondary N) is 1. The molecule has 0 aliphatic carbocycles. The summed E-state index contributed by atoms with van der Waals surface area (Å²) in [5.74, 6) is 0.191. The van der Waals surface area contributed by atoms with Gasteiger partial charge in [0.25, 0.3) is 0 Å². The molecule has 0 saturated heterocycles. The van der Waals surface area contributed by atoms with Crippen LogP contribution in [-0.2, 0) is 19.8 Å². The third-order valence-corrected chi connectivity index (χ3v) is 3.53. The number of halogens is 3. The van der Waals surface area contributed by atoms with Crippen LogP contribution >= 0.6 is 0 Å². The molecule has 0 atom stereocenters. The quantitative estimate of drug-likeness (QED) is 0.782. The van der Waals surface area contributed by atoms with Gasteiger partial charge >= 0.3 is 6.18 Å². The average Bonchev–Trinajstić information content (AvgIpc) is 2.99. The molecule has 0 bridgehead atoms. The van der Waals surface area contributed by atoms with Crippen LogP contribution in [0, 0.1) is 0 Å². The first-order chi connectivity index (χ1) is 11.4. The Morgan fingerprint density at radius 3 is 2.67 bits per heavy atom. The fourth-order valence-electron chi connectivity index (χ4n) is 2.33. The number of aryl methyl sites for hydroxylation is 1. The second-order valence-corrected chi connectivity index (χ2v) is 5.38. The van der Waals surface area contributed by atoms with Crippen molar-refractivity contribution >= 4 is 5.82 Å². The molecule has 124 valence electrons. The highest BCUT2D eigenvalue weighted by Crippen LogP contribution is 2.30. The van der Waals surface area contributed by atoms with E-state index in [-0.39, 0.29) is 5.82 Å². The standard InChI is InChI=1S/C17H15F3N4/c1-24-11-14(10-23-24)13-4-2-3-12(7-13)9-22-16-8-15(5-6-21-16)17(18,19)20/h2-8,10-11H,9H2,1H3,(H,21,22). The van der Waals surface area contributed by atoms with E-state index in [1.165, 1.54) is 0 Å². The van der Waals surface area contributed by atoms with Gasteiger partial charge in [-0.3, -0.25) is 4.68 Å². The molecular formula is C17H15F3N4. The zero-order valence-electron chi connectivity index (χ0n) is 12.9. The summed E-state index contributed by atoms with van der Waals surface area (Å²) >= 11 is 0. The fourth-order valence-corrected chi connectivity index (χ4v) is 2.33. The van der Waals surface area contributed by atoms with Crippen LogP contribution in [0.2, 0.25) is 0 Å². The maximum Gasteiger partial charge on any atom is 0.416 e. The van der Waals surface area contributed by atoms with E-state index < -0.39 is 11.7 Å². The van der Waals surface area contributed by atoms with Gasteiger partial charge in [-0.15, -0.1) is 0 Å². The Balaban J connectivity index is 1.73. The predicted octanol–water partition coefficient (Wildman–Crippen LogP) is 4.11. The van der Waals surface area contributed by atoms with Crippen molar-refractivity contribution in [3.63, 3.8) is 0 Å². The second-order valence-electron chi connectivity index (χ2n) is 5.38. The van der Waals surface area contributed by atoms with Crippen molar-refractivity contribution in [2.45, 2.75) is 12.7 Å². The summed E-state index contributed by atoms with van der Waals surface area (Å²) < 4.78 is 39.8. The molecule has 0 aliphatic heterocycles. The monoisotopic (exact) mass is 332 g/mol. The van der Waals surface area contributed by atoms with Crippen LogP contribution in [0.25, 0.3) is 11.1 Å². The van der Waals surface area contributed by atoms with Crippen LogP contribution < -0.4 is 5.32 Å². The number of benzene rings is 1. The van der Waals surface area contributed by atoms with E-state index in [0.717, 1.165) is 35.0 Å². The molecule has 0 radical (unpaired) electrons. The first-order valence-electron chi connectivity index (χ1n) is 7.27. The summed E-state index contributed by atoms with van der Waals surface area (Å²) in [6.07, 6.45) is 0.443. The zero-order chi connectivity index (χ0) is 17.2. The normalized spacial score (nSPS) is 11.5. The van der Waals surface area contributed by atoms with Crippen molar-refractivity contribution < 1.29 is 13.2 Å². The largest absolute Gasteiger partial charge is 0.416 e. The minimum atomic E-state index is -4.38. The van der Waals surface area contributed by atoms with E-state index in [2.05, 4.69) is 15.4 Å². The van der Waals surface area contributed by atoms with Crippen molar-refractivity contribution in [3.8, 4) is 11.1 Å². The minimum absolute atomic E-state index is 0.191. The van der Waals surface area contributed by atoms with Gasteiger partial charge in [-0.1, -0.05) is 18.2 Å². The van der Waals surface area contributed by atoms with Gasteiger partial charge in [0.1, 0.15) is 5.82 Å². The van der Waals surface area contributed by atoms with E-state index in [9.17, 15) is 13.2 Å². The van der Waals surface area contributed by atoms with Crippen molar-refractivity contribution in [2.24, 2.45) is 7.05 Å². The number of pyridine rings is 1. The Labute approximate surface area is 137 Å². The lowest BCUT2D eigenvalue weighted by atomic mass is 10.1. The van der Waals surface area contributed by atoms with Crippen molar-refractivity contribution in [1.82, 2.24) is 14.8 Å². The summed E-state index contributed by atoms with van der Waals surface area (Å²) in [6, 6.07) is 9.69. The molecule has 0 spiro atoms. The highest BCUT2D eigenvalue weighted by atomic mass is 19.4. The molecule has 1 N–H and O–H groups in total.